The van der Waals surface area contributed by atoms with Crippen LogP contribution in [0.5, 0.6) is 0 Å². The van der Waals surface area contributed by atoms with Crippen LogP contribution in [0.3, 0.4) is 0 Å². The second-order valence-electron chi connectivity index (χ2n) is 8.59. The van der Waals surface area contributed by atoms with Gasteiger partial charge in [0.25, 0.3) is 5.56 Å². The molecule has 8 nitrogen and oxygen atoms in total. The predicted octanol–water partition coefficient (Wildman–Crippen LogP) is 3.67. The molecule has 1 aromatic carbocycles. The SMILES string of the molecule is CC[C@@H]1CCCCN1Cc1nc(Cn2ccn3nc(-c4ccc(C)cc4)cc3c2=O)no1. The van der Waals surface area contributed by atoms with Crippen molar-refractivity contribution < 1.29 is 4.52 Å². The molecule has 5 rings (SSSR count). The van der Waals surface area contributed by atoms with Crippen molar-refractivity contribution in [2.45, 2.75) is 58.7 Å². The Balaban J connectivity index is 1.35. The highest BCUT2D eigenvalue weighted by Crippen LogP contribution is 2.21. The van der Waals surface area contributed by atoms with Gasteiger partial charge in [0.1, 0.15) is 5.52 Å². The van der Waals surface area contributed by atoms with Crippen molar-refractivity contribution in [1.82, 2.24) is 29.2 Å². The maximum Gasteiger partial charge on any atom is 0.277 e. The third-order valence-corrected chi connectivity index (χ3v) is 6.33. The number of likely N-dealkylation sites (tertiary alicyclic amines) is 1. The molecule has 0 spiro atoms. The van der Waals surface area contributed by atoms with E-state index in [9.17, 15) is 4.79 Å². The summed E-state index contributed by atoms with van der Waals surface area (Å²) in [5.74, 6) is 1.12. The van der Waals surface area contributed by atoms with Crippen LogP contribution in [0.4, 0.5) is 0 Å². The summed E-state index contributed by atoms with van der Waals surface area (Å²) in [6.07, 6.45) is 8.36. The first kappa shape index (κ1) is 20.6. The minimum Gasteiger partial charge on any atom is -0.338 e. The van der Waals surface area contributed by atoms with E-state index in [4.69, 9.17) is 4.52 Å². The Bertz CT molecular complexity index is 1270. The number of rotatable bonds is 6. The second kappa shape index (κ2) is 8.70. The number of aromatic nitrogens is 5. The van der Waals surface area contributed by atoms with Crippen molar-refractivity contribution in [3.8, 4) is 11.3 Å². The summed E-state index contributed by atoms with van der Waals surface area (Å²) in [7, 11) is 0. The number of aryl methyl sites for hydroxylation is 1. The summed E-state index contributed by atoms with van der Waals surface area (Å²) >= 11 is 0. The first-order chi connectivity index (χ1) is 15.6. The molecular formula is C24H28N6O2. The molecule has 0 bridgehead atoms. The molecule has 166 valence electrons. The zero-order chi connectivity index (χ0) is 22.1. The fourth-order valence-electron chi connectivity index (χ4n) is 4.49. The highest BCUT2D eigenvalue weighted by molar-refractivity contribution is 5.65. The van der Waals surface area contributed by atoms with Gasteiger partial charge in [0.15, 0.2) is 5.82 Å². The van der Waals surface area contributed by atoms with Gasteiger partial charge in [-0.25, -0.2) is 4.52 Å². The fraction of sp³-hybridized carbons (Fsp3) is 0.417. The molecule has 0 N–H and O–H groups in total. The number of benzene rings is 1. The van der Waals surface area contributed by atoms with Crippen molar-refractivity contribution in [2.75, 3.05) is 6.54 Å². The third-order valence-electron chi connectivity index (χ3n) is 6.33. The molecule has 4 aromatic rings. The van der Waals surface area contributed by atoms with Crippen molar-refractivity contribution in [3.63, 3.8) is 0 Å². The molecule has 0 saturated carbocycles. The van der Waals surface area contributed by atoms with Crippen molar-refractivity contribution in [2.24, 2.45) is 0 Å². The topological polar surface area (TPSA) is 81.5 Å². The largest absolute Gasteiger partial charge is 0.338 e. The number of hydrogen-bond donors (Lipinski definition) is 0. The number of piperidine rings is 1. The molecule has 0 unspecified atom stereocenters. The van der Waals surface area contributed by atoms with Gasteiger partial charge in [0.2, 0.25) is 5.89 Å². The molecule has 1 saturated heterocycles. The van der Waals surface area contributed by atoms with Crippen LogP contribution in [-0.2, 0) is 13.1 Å². The monoisotopic (exact) mass is 432 g/mol. The molecular weight excluding hydrogens is 404 g/mol. The van der Waals surface area contributed by atoms with Crippen molar-refractivity contribution >= 4 is 5.52 Å². The quantitative estimate of drug-likeness (QED) is 0.462. The van der Waals surface area contributed by atoms with Gasteiger partial charge in [-0.1, -0.05) is 48.3 Å². The van der Waals surface area contributed by atoms with E-state index >= 15 is 0 Å². The van der Waals surface area contributed by atoms with Gasteiger partial charge in [-0.2, -0.15) is 10.1 Å². The van der Waals surface area contributed by atoms with Gasteiger partial charge in [0.05, 0.1) is 18.8 Å². The molecule has 32 heavy (non-hydrogen) atoms. The summed E-state index contributed by atoms with van der Waals surface area (Å²) in [5, 5.41) is 8.67. The van der Waals surface area contributed by atoms with E-state index in [1.54, 1.807) is 21.5 Å². The van der Waals surface area contributed by atoms with E-state index < -0.39 is 0 Å². The van der Waals surface area contributed by atoms with E-state index in [0.717, 1.165) is 24.2 Å². The Kier molecular flexibility index (Phi) is 5.61. The zero-order valence-corrected chi connectivity index (χ0v) is 18.6. The van der Waals surface area contributed by atoms with Crippen LogP contribution in [0.15, 0.2) is 52.0 Å². The van der Waals surface area contributed by atoms with E-state index in [1.807, 2.05) is 37.3 Å². The molecule has 3 aromatic heterocycles. The van der Waals surface area contributed by atoms with Crippen LogP contribution in [0, 0.1) is 6.92 Å². The van der Waals surface area contributed by atoms with Crippen LogP contribution in [0.25, 0.3) is 16.8 Å². The summed E-state index contributed by atoms with van der Waals surface area (Å²) in [6, 6.07) is 10.5. The minimum absolute atomic E-state index is 0.133. The maximum atomic E-state index is 13.0. The third kappa shape index (κ3) is 4.10. The van der Waals surface area contributed by atoms with Gasteiger partial charge < -0.3 is 9.09 Å². The average Bonchev–Trinajstić information content (AvgIpc) is 3.44. The Hall–Kier alpha value is -3.26. The Morgan fingerprint density at radius 1 is 1.12 bits per heavy atom. The lowest BCUT2D eigenvalue weighted by atomic mass is 10.0. The van der Waals surface area contributed by atoms with Gasteiger partial charge in [-0.3, -0.25) is 9.69 Å². The standard InChI is InChI=1S/C24H28N6O2/c1-3-19-6-4-5-11-28(19)16-23-25-22(27-32-23)15-29-12-13-30-21(24(29)31)14-20(26-30)18-9-7-17(2)8-10-18/h7-10,12-14,19H,3-6,11,15-16H2,1-2H3/t19-/m1/s1. The Morgan fingerprint density at radius 2 is 1.97 bits per heavy atom. The summed E-state index contributed by atoms with van der Waals surface area (Å²) in [4.78, 5) is 20.0. The smallest absolute Gasteiger partial charge is 0.277 e. The van der Waals surface area contributed by atoms with Crippen LogP contribution >= 0.6 is 0 Å². The number of hydrogen-bond acceptors (Lipinski definition) is 6. The molecule has 0 amide bonds. The zero-order valence-electron chi connectivity index (χ0n) is 18.6. The highest BCUT2D eigenvalue weighted by Gasteiger charge is 2.23. The summed E-state index contributed by atoms with van der Waals surface area (Å²) in [6.45, 7) is 6.27. The normalized spacial score (nSPS) is 17.2. The summed E-state index contributed by atoms with van der Waals surface area (Å²) in [5.41, 5.74) is 3.33. The average molecular weight is 433 g/mol. The maximum absolute atomic E-state index is 13.0. The van der Waals surface area contributed by atoms with E-state index in [0.29, 0.717) is 29.8 Å². The first-order valence-electron chi connectivity index (χ1n) is 11.3. The minimum atomic E-state index is -0.133. The highest BCUT2D eigenvalue weighted by atomic mass is 16.5. The molecule has 1 fully saturated rings. The molecule has 4 heterocycles. The van der Waals surface area contributed by atoms with Crippen LogP contribution < -0.4 is 5.56 Å². The molecule has 1 atom stereocenters. The molecule has 0 aliphatic carbocycles. The van der Waals surface area contributed by atoms with Crippen molar-refractivity contribution in [3.05, 3.63) is 70.4 Å². The molecule has 0 radical (unpaired) electrons. The van der Waals surface area contributed by atoms with E-state index in [1.165, 1.54) is 24.8 Å². The Labute approximate surface area is 186 Å². The molecule has 8 heteroatoms. The summed E-state index contributed by atoms with van der Waals surface area (Å²) < 4.78 is 8.72. The van der Waals surface area contributed by atoms with Crippen LogP contribution in [-0.4, -0.2) is 41.8 Å². The first-order valence-corrected chi connectivity index (χ1v) is 11.3. The van der Waals surface area contributed by atoms with Gasteiger partial charge in [-0.15, -0.1) is 0 Å². The molecule has 1 aliphatic heterocycles. The van der Waals surface area contributed by atoms with Crippen LogP contribution in [0.1, 0.15) is 49.9 Å². The molecule has 1 aliphatic rings. The van der Waals surface area contributed by atoms with Gasteiger partial charge in [0, 0.05) is 24.0 Å². The van der Waals surface area contributed by atoms with Crippen molar-refractivity contribution in [1.29, 1.82) is 0 Å². The Morgan fingerprint density at radius 3 is 2.78 bits per heavy atom. The van der Waals surface area contributed by atoms with Gasteiger partial charge in [-0.05, 0) is 38.8 Å². The lowest BCUT2D eigenvalue weighted by molar-refractivity contribution is 0.120. The van der Waals surface area contributed by atoms with Gasteiger partial charge >= 0.3 is 0 Å². The number of nitrogens with zero attached hydrogens (tertiary/aromatic N) is 6. The second-order valence-corrected chi connectivity index (χ2v) is 8.59. The lowest BCUT2D eigenvalue weighted by Crippen LogP contribution is -2.38. The van der Waals surface area contributed by atoms with E-state index in [-0.39, 0.29) is 12.1 Å². The number of fused-ring (bicyclic) bond motifs is 1. The predicted molar refractivity (Wildman–Crippen MR) is 121 cm³/mol. The fourth-order valence-corrected chi connectivity index (χ4v) is 4.49. The van der Waals surface area contributed by atoms with E-state index in [2.05, 4.69) is 27.1 Å². The lowest BCUT2D eigenvalue weighted by Gasteiger charge is -2.33. The van der Waals surface area contributed by atoms with Crippen LogP contribution in [0.2, 0.25) is 0 Å².